The van der Waals surface area contributed by atoms with E-state index in [-0.39, 0.29) is 42.5 Å². The molecule has 0 N–H and O–H groups in total. The number of amides is 2. The first-order valence-electron chi connectivity index (χ1n) is 9.18. The van der Waals surface area contributed by atoms with Crippen molar-refractivity contribution >= 4 is 28.6 Å². The number of ether oxygens (including phenoxy) is 1. The fourth-order valence-corrected chi connectivity index (χ4v) is 3.49. The molecule has 3 aromatic carbocycles. The molecule has 1 heterocycles. The summed E-state index contributed by atoms with van der Waals surface area (Å²) in [5.41, 5.74) is 1.25. The van der Waals surface area contributed by atoms with Crippen LogP contribution in [0.25, 0.3) is 10.8 Å². The van der Waals surface area contributed by atoms with E-state index in [0.717, 1.165) is 5.39 Å². The molecule has 0 fully saturated rings. The minimum Gasteiger partial charge on any atom is -0.425 e. The molecular formula is C23H16N2O4. The van der Waals surface area contributed by atoms with Crippen LogP contribution in [0.1, 0.15) is 39.1 Å². The molecule has 2 amide bonds. The van der Waals surface area contributed by atoms with Crippen LogP contribution in [0.4, 0.5) is 0 Å². The van der Waals surface area contributed by atoms with Crippen LogP contribution in [0, 0.1) is 11.3 Å². The Morgan fingerprint density at radius 1 is 0.931 bits per heavy atom. The summed E-state index contributed by atoms with van der Waals surface area (Å²) >= 11 is 0. The van der Waals surface area contributed by atoms with Crippen molar-refractivity contribution in [2.75, 3.05) is 6.54 Å². The van der Waals surface area contributed by atoms with Gasteiger partial charge in [0.25, 0.3) is 11.8 Å². The van der Waals surface area contributed by atoms with E-state index >= 15 is 0 Å². The molecule has 1 aliphatic heterocycles. The van der Waals surface area contributed by atoms with Crippen LogP contribution in [-0.4, -0.2) is 29.2 Å². The van der Waals surface area contributed by atoms with Crippen LogP contribution in [0.15, 0.2) is 60.7 Å². The number of rotatable bonds is 5. The number of carbonyl (C=O) groups excluding carboxylic acids is 3. The number of hydrogen-bond donors (Lipinski definition) is 0. The number of para-hydroxylation sites is 1. The Morgan fingerprint density at radius 2 is 1.59 bits per heavy atom. The second kappa shape index (κ2) is 7.56. The van der Waals surface area contributed by atoms with E-state index in [1.54, 1.807) is 48.5 Å². The maximum Gasteiger partial charge on any atom is 0.311 e. The zero-order chi connectivity index (χ0) is 20.4. The Kier molecular flexibility index (Phi) is 4.80. The highest BCUT2D eigenvalue weighted by Crippen LogP contribution is 2.30. The van der Waals surface area contributed by atoms with Crippen molar-refractivity contribution in [1.82, 2.24) is 4.90 Å². The van der Waals surface area contributed by atoms with Crippen LogP contribution in [0.2, 0.25) is 0 Å². The lowest BCUT2D eigenvalue weighted by atomic mass is 9.94. The predicted molar refractivity (Wildman–Crippen MR) is 105 cm³/mol. The highest BCUT2D eigenvalue weighted by atomic mass is 16.5. The first-order valence-corrected chi connectivity index (χ1v) is 9.18. The minimum absolute atomic E-state index is 0.0165. The summed E-state index contributed by atoms with van der Waals surface area (Å²) in [7, 11) is 0. The molecule has 0 saturated heterocycles. The Hall–Kier alpha value is -3.98. The van der Waals surface area contributed by atoms with Crippen LogP contribution in [0.5, 0.6) is 5.75 Å². The molecule has 0 atom stereocenters. The van der Waals surface area contributed by atoms with Gasteiger partial charge in [0.1, 0.15) is 11.8 Å². The van der Waals surface area contributed by atoms with Gasteiger partial charge in [-0.3, -0.25) is 19.3 Å². The van der Waals surface area contributed by atoms with Crippen molar-refractivity contribution in [2.45, 2.75) is 12.8 Å². The molecular weight excluding hydrogens is 368 g/mol. The molecule has 29 heavy (non-hydrogen) atoms. The first-order chi connectivity index (χ1) is 14.1. The Labute approximate surface area is 166 Å². The predicted octanol–water partition coefficient (Wildman–Crippen LogP) is 3.69. The summed E-state index contributed by atoms with van der Waals surface area (Å²) in [6.45, 7) is 0.109. The van der Waals surface area contributed by atoms with Crippen LogP contribution < -0.4 is 4.74 Å². The number of benzene rings is 3. The summed E-state index contributed by atoms with van der Waals surface area (Å²) in [6.07, 6.45) is 0.284. The van der Waals surface area contributed by atoms with Crippen molar-refractivity contribution < 1.29 is 19.1 Å². The Morgan fingerprint density at radius 3 is 2.24 bits per heavy atom. The van der Waals surface area contributed by atoms with Gasteiger partial charge in [0.05, 0.1) is 5.56 Å². The average Bonchev–Trinajstić information content (AvgIpc) is 2.74. The Bertz CT molecular complexity index is 1140. The van der Waals surface area contributed by atoms with Gasteiger partial charge in [0.2, 0.25) is 0 Å². The molecule has 1 aliphatic rings. The summed E-state index contributed by atoms with van der Waals surface area (Å²) in [4.78, 5) is 38.9. The van der Waals surface area contributed by atoms with E-state index in [1.807, 2.05) is 18.2 Å². The van der Waals surface area contributed by atoms with Crippen LogP contribution >= 0.6 is 0 Å². The molecule has 142 valence electrons. The van der Waals surface area contributed by atoms with Crippen LogP contribution in [0.3, 0.4) is 0 Å². The maximum atomic E-state index is 12.8. The van der Waals surface area contributed by atoms with E-state index in [4.69, 9.17) is 10.00 Å². The van der Waals surface area contributed by atoms with E-state index in [1.165, 1.54) is 4.90 Å². The van der Waals surface area contributed by atoms with Gasteiger partial charge >= 0.3 is 5.97 Å². The largest absolute Gasteiger partial charge is 0.425 e. The fraction of sp³-hybridized carbons (Fsp3) is 0.130. The second-order valence-corrected chi connectivity index (χ2v) is 6.66. The molecule has 0 bridgehead atoms. The summed E-state index contributed by atoms with van der Waals surface area (Å²) < 4.78 is 5.23. The third kappa shape index (κ3) is 3.34. The number of nitrogens with zero attached hydrogens (tertiary/aromatic N) is 2. The van der Waals surface area contributed by atoms with Gasteiger partial charge in [-0.15, -0.1) is 0 Å². The molecule has 3 aromatic rings. The van der Waals surface area contributed by atoms with Gasteiger partial charge in [0.15, 0.2) is 0 Å². The van der Waals surface area contributed by atoms with E-state index in [9.17, 15) is 14.4 Å². The van der Waals surface area contributed by atoms with Gasteiger partial charge < -0.3 is 4.74 Å². The molecule has 0 spiro atoms. The lowest BCUT2D eigenvalue weighted by molar-refractivity contribution is -0.134. The number of nitriles is 1. The number of esters is 1. The third-order valence-electron chi connectivity index (χ3n) is 4.85. The maximum absolute atomic E-state index is 12.8. The summed E-state index contributed by atoms with van der Waals surface area (Å²) in [6, 6.07) is 19.2. The van der Waals surface area contributed by atoms with Crippen molar-refractivity contribution in [3.63, 3.8) is 0 Å². The quantitative estimate of drug-likeness (QED) is 0.380. The van der Waals surface area contributed by atoms with Crippen molar-refractivity contribution in [3.05, 3.63) is 77.4 Å². The molecule has 4 rings (SSSR count). The zero-order valence-corrected chi connectivity index (χ0v) is 15.4. The molecule has 0 saturated carbocycles. The number of hydrogen-bond acceptors (Lipinski definition) is 5. The monoisotopic (exact) mass is 384 g/mol. The molecule has 0 radical (unpaired) electrons. The van der Waals surface area contributed by atoms with Gasteiger partial charge in [-0.1, -0.05) is 36.4 Å². The van der Waals surface area contributed by atoms with E-state index in [2.05, 4.69) is 0 Å². The number of imide groups is 1. The van der Waals surface area contributed by atoms with E-state index in [0.29, 0.717) is 16.5 Å². The van der Waals surface area contributed by atoms with Crippen molar-refractivity contribution in [2.24, 2.45) is 0 Å². The average molecular weight is 384 g/mol. The highest BCUT2D eigenvalue weighted by Gasteiger charge is 2.32. The van der Waals surface area contributed by atoms with Crippen molar-refractivity contribution in [3.8, 4) is 11.8 Å². The lowest BCUT2D eigenvalue weighted by Crippen LogP contribution is -2.41. The molecule has 0 aliphatic carbocycles. The molecule has 6 nitrogen and oxygen atoms in total. The van der Waals surface area contributed by atoms with Gasteiger partial charge in [-0.25, -0.2) is 0 Å². The highest BCUT2D eigenvalue weighted by molar-refractivity contribution is 6.25. The minimum atomic E-state index is -0.521. The lowest BCUT2D eigenvalue weighted by Gasteiger charge is -2.27. The van der Waals surface area contributed by atoms with Gasteiger partial charge in [-0.05, 0) is 36.1 Å². The third-order valence-corrected chi connectivity index (χ3v) is 4.85. The molecule has 0 unspecified atom stereocenters. The van der Waals surface area contributed by atoms with Gasteiger partial charge in [0, 0.05) is 29.5 Å². The standard InChI is InChI=1S/C23H16N2O4/c24-14-16-6-1-2-11-19(16)29-20(26)12-5-13-25-22(27)17-9-3-7-15-8-4-10-18(21(15)17)23(25)28/h1-4,6-11H,5,12-13H2. The Balaban J connectivity index is 1.44. The van der Waals surface area contributed by atoms with Crippen LogP contribution in [-0.2, 0) is 4.79 Å². The fourth-order valence-electron chi connectivity index (χ4n) is 3.49. The van der Waals surface area contributed by atoms with E-state index < -0.39 is 5.97 Å². The summed E-state index contributed by atoms with van der Waals surface area (Å²) in [5, 5.41) is 10.6. The van der Waals surface area contributed by atoms with Crippen molar-refractivity contribution in [1.29, 1.82) is 5.26 Å². The van der Waals surface area contributed by atoms with Gasteiger partial charge in [-0.2, -0.15) is 5.26 Å². The normalized spacial score (nSPS) is 12.7. The number of carbonyl (C=O) groups is 3. The summed E-state index contributed by atoms with van der Waals surface area (Å²) in [5.74, 6) is -1.04. The SMILES string of the molecule is N#Cc1ccccc1OC(=O)CCCN1C(=O)c2cccc3cccc(c23)C1=O. The topological polar surface area (TPSA) is 87.5 Å². The molecule has 6 heteroatoms. The second-order valence-electron chi connectivity index (χ2n) is 6.66. The first kappa shape index (κ1) is 18.4. The smallest absolute Gasteiger partial charge is 0.311 e. The molecule has 0 aromatic heterocycles. The zero-order valence-electron chi connectivity index (χ0n) is 15.4.